The predicted molar refractivity (Wildman–Crippen MR) is 91.2 cm³/mol. The summed E-state index contributed by atoms with van der Waals surface area (Å²) >= 11 is 6.36. The van der Waals surface area contributed by atoms with E-state index in [4.69, 9.17) is 11.6 Å². The van der Waals surface area contributed by atoms with Crippen molar-refractivity contribution in [3.63, 3.8) is 0 Å². The topological polar surface area (TPSA) is 24.7 Å². The molecule has 1 aliphatic carbocycles. The maximum atomic E-state index is 6.36. The van der Waals surface area contributed by atoms with Crippen LogP contribution >= 0.6 is 11.6 Å². The summed E-state index contributed by atoms with van der Waals surface area (Å²) < 4.78 is 0. The predicted octanol–water partition coefficient (Wildman–Crippen LogP) is 5.09. The number of hydrogen-bond acceptors (Lipinski definition) is 2. The maximum Gasteiger partial charge on any atom is 0.0907 e. The third-order valence-electron chi connectivity index (χ3n) is 4.17. The van der Waals surface area contributed by atoms with Gasteiger partial charge in [0, 0.05) is 23.2 Å². The van der Waals surface area contributed by atoms with Crippen molar-refractivity contribution in [2.75, 3.05) is 0 Å². The first-order valence-electron chi connectivity index (χ1n) is 7.26. The van der Waals surface area contributed by atoms with Crippen LogP contribution in [0.5, 0.6) is 0 Å². The first-order valence-corrected chi connectivity index (χ1v) is 7.64. The number of nitrogens with zero attached hydrogens (tertiary/aromatic N) is 2. The maximum absolute atomic E-state index is 6.36. The molecule has 0 radical (unpaired) electrons. The van der Waals surface area contributed by atoms with Crippen LogP contribution < -0.4 is 0 Å². The lowest BCUT2D eigenvalue weighted by molar-refractivity contribution is 0.788. The van der Waals surface area contributed by atoms with Gasteiger partial charge in [-0.2, -0.15) is 0 Å². The van der Waals surface area contributed by atoms with E-state index in [0.29, 0.717) is 10.4 Å². The third kappa shape index (κ3) is 3.01. The highest BCUT2D eigenvalue weighted by Crippen LogP contribution is 2.47. The highest BCUT2D eigenvalue weighted by Gasteiger charge is 2.38. The minimum atomic E-state index is 0.387. The standard InChI is InChI=1S/C18H19ClN2/c1-12-10-13(2)21-17(16(19)11-20-12)14-4-6-15(7-5-14)18(3)8-9-18/h4-7,10-11H,8-9H2,1-3H3/b12-10?,13-10?,16-11?,17-16+,20-11?,20-12?,21-13?,21-17?. The molecular weight excluding hydrogens is 280 g/mol. The molecule has 0 atom stereocenters. The number of benzene rings is 1. The molecule has 1 fully saturated rings. The van der Waals surface area contributed by atoms with Crippen LogP contribution in [0.15, 0.2) is 51.1 Å². The first-order chi connectivity index (χ1) is 9.98. The Morgan fingerprint density at radius 3 is 2.38 bits per heavy atom. The van der Waals surface area contributed by atoms with Gasteiger partial charge in [-0.25, -0.2) is 0 Å². The number of allylic oxidation sites excluding steroid dienone is 3. The Morgan fingerprint density at radius 2 is 1.76 bits per heavy atom. The largest absolute Gasteiger partial charge is 0.260 e. The molecule has 1 aromatic rings. The van der Waals surface area contributed by atoms with Crippen molar-refractivity contribution < 1.29 is 0 Å². The Morgan fingerprint density at radius 1 is 1.10 bits per heavy atom. The van der Waals surface area contributed by atoms with Crippen molar-refractivity contribution in [2.45, 2.75) is 39.0 Å². The van der Waals surface area contributed by atoms with Crippen molar-refractivity contribution >= 4 is 29.2 Å². The average Bonchev–Trinajstić information content (AvgIpc) is 3.20. The highest BCUT2D eigenvalue weighted by atomic mass is 35.5. The Labute approximate surface area is 131 Å². The number of rotatable bonds is 2. The molecule has 0 saturated heterocycles. The average molecular weight is 299 g/mol. The number of aliphatic imine (C=N–C) groups is 2. The quantitative estimate of drug-likeness (QED) is 0.726. The zero-order valence-electron chi connectivity index (χ0n) is 12.7. The molecule has 1 saturated carbocycles. The normalized spacial score (nSPS) is 24.0. The molecule has 1 heterocycles. The van der Waals surface area contributed by atoms with Gasteiger partial charge in [0.05, 0.1) is 10.7 Å². The van der Waals surface area contributed by atoms with Crippen molar-refractivity contribution in [3.05, 3.63) is 52.2 Å². The number of halogens is 1. The van der Waals surface area contributed by atoms with Crippen LogP contribution in [0.3, 0.4) is 0 Å². The smallest absolute Gasteiger partial charge is 0.0907 e. The Balaban J connectivity index is 1.98. The van der Waals surface area contributed by atoms with Gasteiger partial charge in [-0.3, -0.25) is 9.98 Å². The molecule has 0 N–H and O–H groups in total. The second-order valence-electron chi connectivity index (χ2n) is 6.13. The summed E-state index contributed by atoms with van der Waals surface area (Å²) in [4.78, 5) is 8.96. The summed E-state index contributed by atoms with van der Waals surface area (Å²) in [6.07, 6.45) is 6.20. The number of hydrogen-bond donors (Lipinski definition) is 0. The van der Waals surface area contributed by atoms with E-state index in [9.17, 15) is 0 Å². The Bertz CT molecular complexity index is 686. The Kier molecular flexibility index (Phi) is 3.58. The van der Waals surface area contributed by atoms with Gasteiger partial charge in [0.25, 0.3) is 0 Å². The summed E-state index contributed by atoms with van der Waals surface area (Å²) in [6, 6.07) is 8.61. The summed E-state index contributed by atoms with van der Waals surface area (Å²) in [5.41, 5.74) is 5.43. The van der Waals surface area contributed by atoms with E-state index in [0.717, 1.165) is 22.7 Å². The van der Waals surface area contributed by atoms with E-state index in [1.165, 1.54) is 18.4 Å². The van der Waals surface area contributed by atoms with Gasteiger partial charge >= 0.3 is 0 Å². The Hall–Kier alpha value is -1.67. The summed E-state index contributed by atoms with van der Waals surface area (Å²) in [7, 11) is 0. The summed E-state index contributed by atoms with van der Waals surface area (Å²) in [5.74, 6) is 0. The fourth-order valence-corrected chi connectivity index (χ4v) is 2.73. The fourth-order valence-electron chi connectivity index (χ4n) is 2.53. The van der Waals surface area contributed by atoms with E-state index < -0.39 is 0 Å². The van der Waals surface area contributed by atoms with Gasteiger partial charge in [0.1, 0.15) is 0 Å². The lowest BCUT2D eigenvalue weighted by Crippen LogP contribution is -2.00. The monoisotopic (exact) mass is 298 g/mol. The first kappa shape index (κ1) is 14.3. The van der Waals surface area contributed by atoms with Crippen LogP contribution in [-0.2, 0) is 5.41 Å². The fraction of sp³-hybridized carbons (Fsp3) is 0.333. The van der Waals surface area contributed by atoms with Gasteiger partial charge in [0.15, 0.2) is 0 Å². The molecule has 0 amide bonds. The molecule has 0 spiro atoms. The van der Waals surface area contributed by atoms with Crippen LogP contribution in [0.1, 0.15) is 44.7 Å². The van der Waals surface area contributed by atoms with E-state index in [1.54, 1.807) is 6.21 Å². The van der Waals surface area contributed by atoms with Crippen LogP contribution in [0.2, 0.25) is 0 Å². The van der Waals surface area contributed by atoms with Gasteiger partial charge < -0.3 is 0 Å². The van der Waals surface area contributed by atoms with E-state index in [1.807, 2.05) is 19.9 Å². The van der Waals surface area contributed by atoms with Crippen molar-refractivity contribution in [1.29, 1.82) is 0 Å². The zero-order chi connectivity index (χ0) is 15.0. The van der Waals surface area contributed by atoms with Gasteiger partial charge in [-0.05, 0) is 43.7 Å². The lowest BCUT2D eigenvalue weighted by Gasteiger charge is -2.11. The molecule has 0 bridgehead atoms. The summed E-state index contributed by atoms with van der Waals surface area (Å²) in [6.45, 7) is 6.22. The van der Waals surface area contributed by atoms with Crippen LogP contribution in [0.25, 0.3) is 5.70 Å². The molecule has 0 aromatic heterocycles. The van der Waals surface area contributed by atoms with Crippen molar-refractivity contribution in [2.24, 2.45) is 9.98 Å². The van der Waals surface area contributed by atoms with Crippen LogP contribution in [0.4, 0.5) is 0 Å². The van der Waals surface area contributed by atoms with Crippen molar-refractivity contribution in [3.8, 4) is 0 Å². The molecule has 3 rings (SSSR count). The molecule has 1 aliphatic heterocycles. The molecule has 0 unspecified atom stereocenters. The molecule has 3 heteroatoms. The van der Waals surface area contributed by atoms with E-state index in [-0.39, 0.29) is 0 Å². The van der Waals surface area contributed by atoms with Gasteiger partial charge in [0.2, 0.25) is 0 Å². The molecule has 2 aliphatic rings. The minimum Gasteiger partial charge on any atom is -0.260 e. The highest BCUT2D eigenvalue weighted by molar-refractivity contribution is 6.42. The van der Waals surface area contributed by atoms with Gasteiger partial charge in [-0.1, -0.05) is 42.8 Å². The molecular formula is C18H19ClN2. The second kappa shape index (κ2) is 5.27. The SMILES string of the molecule is CC1=CC(C)=N/C(c2ccc(C3(C)CC3)cc2)=C(/Cl)C=N1. The van der Waals surface area contributed by atoms with Crippen LogP contribution in [0, 0.1) is 0 Å². The summed E-state index contributed by atoms with van der Waals surface area (Å²) in [5, 5.41) is 0.576. The molecule has 2 nitrogen and oxygen atoms in total. The minimum absolute atomic E-state index is 0.387. The van der Waals surface area contributed by atoms with Crippen LogP contribution in [-0.4, -0.2) is 11.9 Å². The lowest BCUT2D eigenvalue weighted by atomic mass is 9.96. The third-order valence-corrected chi connectivity index (χ3v) is 4.45. The van der Waals surface area contributed by atoms with Gasteiger partial charge in [-0.15, -0.1) is 0 Å². The second-order valence-corrected chi connectivity index (χ2v) is 6.54. The molecule has 21 heavy (non-hydrogen) atoms. The van der Waals surface area contributed by atoms with E-state index in [2.05, 4.69) is 41.2 Å². The molecule has 108 valence electrons. The van der Waals surface area contributed by atoms with Crippen molar-refractivity contribution in [1.82, 2.24) is 0 Å². The molecule has 1 aromatic carbocycles. The van der Waals surface area contributed by atoms with E-state index >= 15 is 0 Å². The zero-order valence-corrected chi connectivity index (χ0v) is 13.4.